The van der Waals surface area contributed by atoms with Crippen molar-refractivity contribution in [2.45, 2.75) is 25.5 Å². The van der Waals surface area contributed by atoms with Crippen LogP contribution < -0.4 is 9.47 Å². The predicted molar refractivity (Wildman–Crippen MR) is 99.9 cm³/mol. The third kappa shape index (κ3) is 4.08. The molecule has 7 heteroatoms. The van der Waals surface area contributed by atoms with E-state index in [1.807, 2.05) is 6.92 Å². The lowest BCUT2D eigenvalue weighted by Crippen LogP contribution is -2.41. The highest BCUT2D eigenvalue weighted by molar-refractivity contribution is 5.99. The number of esters is 1. The van der Waals surface area contributed by atoms with Gasteiger partial charge in [-0.15, -0.1) is 0 Å². The largest absolute Gasteiger partial charge is 0.493 e. The van der Waals surface area contributed by atoms with Crippen LogP contribution in [0.5, 0.6) is 11.5 Å². The number of hydrogen-bond acceptors (Lipinski definition) is 5. The summed E-state index contributed by atoms with van der Waals surface area (Å²) in [7, 11) is 1.27. The van der Waals surface area contributed by atoms with Crippen molar-refractivity contribution in [3.63, 3.8) is 0 Å². The van der Waals surface area contributed by atoms with E-state index in [9.17, 15) is 14.0 Å². The summed E-state index contributed by atoms with van der Waals surface area (Å²) < 4.78 is 30.0. The van der Waals surface area contributed by atoms with Gasteiger partial charge in [-0.3, -0.25) is 4.79 Å². The lowest BCUT2D eigenvalue weighted by molar-refractivity contribution is -0.145. The Bertz CT molecular complexity index is 856. The first-order chi connectivity index (χ1) is 13.5. The van der Waals surface area contributed by atoms with Crippen LogP contribution in [-0.4, -0.2) is 49.2 Å². The van der Waals surface area contributed by atoms with Crippen LogP contribution in [0.15, 0.2) is 48.5 Å². The Labute approximate surface area is 162 Å². The summed E-state index contributed by atoms with van der Waals surface area (Å²) in [5.41, 5.74) is 0.352. The SMILES string of the molecule is CCOc1ccccc1C(=O)N1CC(Oc2ccccc2F)CC1C(=O)OC. The Kier molecular flexibility index (Phi) is 6.13. The first-order valence-electron chi connectivity index (χ1n) is 9.07. The summed E-state index contributed by atoms with van der Waals surface area (Å²) in [6, 6.07) is 12.1. The number of methoxy groups -OCH3 is 1. The van der Waals surface area contributed by atoms with Crippen LogP contribution in [-0.2, 0) is 9.53 Å². The highest BCUT2D eigenvalue weighted by Crippen LogP contribution is 2.29. The summed E-state index contributed by atoms with van der Waals surface area (Å²) in [4.78, 5) is 26.8. The molecule has 2 atom stereocenters. The van der Waals surface area contributed by atoms with Crippen molar-refractivity contribution in [1.82, 2.24) is 4.90 Å². The van der Waals surface area contributed by atoms with E-state index >= 15 is 0 Å². The normalized spacial score (nSPS) is 18.6. The first-order valence-corrected chi connectivity index (χ1v) is 9.07. The Morgan fingerprint density at radius 3 is 2.46 bits per heavy atom. The van der Waals surface area contributed by atoms with Gasteiger partial charge in [0.15, 0.2) is 11.6 Å². The van der Waals surface area contributed by atoms with Crippen LogP contribution in [0.2, 0.25) is 0 Å². The van der Waals surface area contributed by atoms with Crippen LogP contribution in [0.3, 0.4) is 0 Å². The third-order valence-electron chi connectivity index (χ3n) is 4.54. The molecule has 1 heterocycles. The Morgan fingerprint density at radius 1 is 1.11 bits per heavy atom. The molecule has 1 saturated heterocycles. The molecule has 148 valence electrons. The van der Waals surface area contributed by atoms with E-state index in [2.05, 4.69) is 0 Å². The minimum absolute atomic E-state index is 0.0835. The molecule has 0 saturated carbocycles. The number of carbonyl (C=O) groups excluding carboxylic acids is 2. The molecule has 0 bridgehead atoms. The van der Waals surface area contributed by atoms with Crippen molar-refractivity contribution in [2.24, 2.45) is 0 Å². The maximum absolute atomic E-state index is 13.9. The fraction of sp³-hybridized carbons (Fsp3) is 0.333. The predicted octanol–water partition coefficient (Wildman–Crippen LogP) is 3.06. The van der Waals surface area contributed by atoms with Gasteiger partial charge in [0.25, 0.3) is 5.91 Å². The van der Waals surface area contributed by atoms with Crippen LogP contribution in [0.4, 0.5) is 4.39 Å². The molecular weight excluding hydrogens is 365 g/mol. The quantitative estimate of drug-likeness (QED) is 0.713. The smallest absolute Gasteiger partial charge is 0.328 e. The van der Waals surface area contributed by atoms with Gasteiger partial charge < -0.3 is 19.1 Å². The molecule has 0 radical (unpaired) electrons. The van der Waals surface area contributed by atoms with Crippen molar-refractivity contribution in [1.29, 1.82) is 0 Å². The van der Waals surface area contributed by atoms with Gasteiger partial charge in [0, 0.05) is 6.42 Å². The number of nitrogens with zero attached hydrogens (tertiary/aromatic N) is 1. The maximum Gasteiger partial charge on any atom is 0.328 e. The van der Waals surface area contributed by atoms with Crippen LogP contribution in [0.1, 0.15) is 23.7 Å². The Hall–Kier alpha value is -3.09. The lowest BCUT2D eigenvalue weighted by Gasteiger charge is -2.23. The summed E-state index contributed by atoms with van der Waals surface area (Å²) >= 11 is 0. The van der Waals surface area contributed by atoms with E-state index in [0.29, 0.717) is 17.9 Å². The van der Waals surface area contributed by atoms with Crippen molar-refractivity contribution in [3.05, 3.63) is 59.9 Å². The van der Waals surface area contributed by atoms with Crippen molar-refractivity contribution < 1.29 is 28.2 Å². The molecule has 0 N–H and O–H groups in total. The number of rotatable bonds is 6. The molecule has 2 unspecified atom stereocenters. The van der Waals surface area contributed by atoms with E-state index in [1.165, 1.54) is 24.1 Å². The number of ether oxygens (including phenoxy) is 3. The van der Waals surface area contributed by atoms with E-state index in [0.717, 1.165) is 0 Å². The van der Waals surface area contributed by atoms with E-state index in [-0.39, 0.29) is 24.6 Å². The van der Waals surface area contributed by atoms with E-state index < -0.39 is 23.9 Å². The molecule has 2 aromatic carbocycles. The summed E-state index contributed by atoms with van der Waals surface area (Å²) in [5.74, 6) is -0.873. The number of halogens is 1. The fourth-order valence-corrected chi connectivity index (χ4v) is 3.27. The average Bonchev–Trinajstić information content (AvgIpc) is 3.13. The number of hydrogen-bond donors (Lipinski definition) is 0. The van der Waals surface area contributed by atoms with Crippen LogP contribution >= 0.6 is 0 Å². The van der Waals surface area contributed by atoms with Crippen LogP contribution in [0.25, 0.3) is 0 Å². The molecule has 1 fully saturated rings. The van der Waals surface area contributed by atoms with E-state index in [1.54, 1.807) is 36.4 Å². The molecule has 2 aromatic rings. The van der Waals surface area contributed by atoms with Gasteiger partial charge in [0.05, 0.1) is 25.8 Å². The standard InChI is InChI=1S/C21H22FNO5/c1-3-27-18-10-6-4-8-15(18)20(24)23-13-14(12-17(23)21(25)26-2)28-19-11-7-5-9-16(19)22/h4-11,14,17H,3,12-13H2,1-2H3. The summed E-state index contributed by atoms with van der Waals surface area (Å²) in [6.07, 6.45) is -0.326. The summed E-state index contributed by atoms with van der Waals surface area (Å²) in [6.45, 7) is 2.36. The molecule has 0 spiro atoms. The van der Waals surface area contributed by atoms with E-state index in [4.69, 9.17) is 14.2 Å². The molecule has 0 aromatic heterocycles. The Balaban J connectivity index is 1.84. The number of likely N-dealkylation sites (tertiary alicyclic amines) is 1. The lowest BCUT2D eigenvalue weighted by atomic mass is 10.1. The number of carbonyl (C=O) groups is 2. The first kappa shape index (κ1) is 19.7. The highest BCUT2D eigenvalue weighted by Gasteiger charge is 2.42. The van der Waals surface area contributed by atoms with Gasteiger partial charge in [-0.1, -0.05) is 24.3 Å². The molecule has 6 nitrogen and oxygen atoms in total. The van der Waals surface area contributed by atoms with Gasteiger partial charge in [-0.2, -0.15) is 0 Å². The van der Waals surface area contributed by atoms with Gasteiger partial charge in [-0.05, 0) is 31.2 Å². The number of benzene rings is 2. The van der Waals surface area contributed by atoms with Crippen molar-refractivity contribution >= 4 is 11.9 Å². The highest BCUT2D eigenvalue weighted by atomic mass is 19.1. The fourth-order valence-electron chi connectivity index (χ4n) is 3.27. The molecule has 1 aliphatic heterocycles. The van der Waals surface area contributed by atoms with Gasteiger partial charge in [0.2, 0.25) is 0 Å². The number of para-hydroxylation sites is 2. The monoisotopic (exact) mass is 387 g/mol. The second kappa shape index (κ2) is 8.73. The maximum atomic E-state index is 13.9. The Morgan fingerprint density at radius 2 is 1.79 bits per heavy atom. The van der Waals surface area contributed by atoms with Crippen molar-refractivity contribution in [3.8, 4) is 11.5 Å². The molecule has 0 aliphatic carbocycles. The second-order valence-corrected chi connectivity index (χ2v) is 6.33. The van der Waals surface area contributed by atoms with Gasteiger partial charge >= 0.3 is 5.97 Å². The van der Waals surface area contributed by atoms with Gasteiger partial charge in [0.1, 0.15) is 17.9 Å². The topological polar surface area (TPSA) is 65.1 Å². The third-order valence-corrected chi connectivity index (χ3v) is 4.54. The van der Waals surface area contributed by atoms with Gasteiger partial charge in [-0.25, -0.2) is 9.18 Å². The average molecular weight is 387 g/mol. The molecule has 28 heavy (non-hydrogen) atoms. The molecular formula is C21H22FNO5. The van der Waals surface area contributed by atoms with Crippen LogP contribution in [0, 0.1) is 5.82 Å². The summed E-state index contributed by atoms with van der Waals surface area (Å²) in [5, 5.41) is 0. The molecule has 1 amide bonds. The zero-order chi connectivity index (χ0) is 20.1. The minimum atomic E-state index is -0.816. The number of amides is 1. The zero-order valence-electron chi connectivity index (χ0n) is 15.8. The van der Waals surface area contributed by atoms with Crippen molar-refractivity contribution in [2.75, 3.05) is 20.3 Å². The molecule has 3 rings (SSSR count). The minimum Gasteiger partial charge on any atom is -0.493 e. The molecule has 1 aliphatic rings. The zero-order valence-corrected chi connectivity index (χ0v) is 15.8. The second-order valence-electron chi connectivity index (χ2n) is 6.33.